The van der Waals surface area contributed by atoms with E-state index in [1.165, 1.54) is 22.0 Å². The molecule has 3 aromatic rings. The predicted octanol–water partition coefficient (Wildman–Crippen LogP) is 4.77. The number of aryl methyl sites for hydroxylation is 1. The van der Waals surface area contributed by atoms with Crippen molar-refractivity contribution in [3.63, 3.8) is 0 Å². The molecule has 20 heavy (non-hydrogen) atoms. The van der Waals surface area contributed by atoms with Gasteiger partial charge in [0.25, 0.3) is 0 Å². The molecule has 2 aromatic carbocycles. The highest BCUT2D eigenvalue weighted by Crippen LogP contribution is 2.25. The highest BCUT2D eigenvalue weighted by molar-refractivity contribution is 9.10. The first-order chi connectivity index (χ1) is 9.67. The quantitative estimate of drug-likeness (QED) is 0.675. The van der Waals surface area contributed by atoms with Gasteiger partial charge < -0.3 is 9.30 Å². The Morgan fingerprint density at radius 3 is 2.75 bits per heavy atom. The second-order valence-electron chi connectivity index (χ2n) is 4.96. The topological polar surface area (TPSA) is 14.2 Å². The zero-order chi connectivity index (χ0) is 14.1. The molecule has 0 bridgehead atoms. The number of methoxy groups -OCH3 is 1. The van der Waals surface area contributed by atoms with E-state index in [0.717, 1.165) is 16.8 Å². The lowest BCUT2D eigenvalue weighted by Gasteiger charge is -2.10. The van der Waals surface area contributed by atoms with Crippen LogP contribution in [-0.2, 0) is 6.54 Å². The third-order valence-corrected chi connectivity index (χ3v) is 4.30. The third kappa shape index (κ3) is 2.46. The molecule has 0 atom stereocenters. The van der Waals surface area contributed by atoms with Gasteiger partial charge in [0.1, 0.15) is 5.75 Å². The lowest BCUT2D eigenvalue weighted by atomic mass is 10.2. The fraction of sp³-hybridized carbons (Fsp3) is 0.176. The molecule has 0 unspecified atom stereocenters. The lowest BCUT2D eigenvalue weighted by molar-refractivity contribution is 0.414. The first-order valence-electron chi connectivity index (χ1n) is 6.55. The predicted molar refractivity (Wildman–Crippen MR) is 86.5 cm³/mol. The maximum Gasteiger partial charge on any atom is 0.119 e. The van der Waals surface area contributed by atoms with Gasteiger partial charge in [-0.05, 0) is 53.8 Å². The first-order valence-corrected chi connectivity index (χ1v) is 7.34. The summed E-state index contributed by atoms with van der Waals surface area (Å²) < 4.78 is 8.68. The summed E-state index contributed by atoms with van der Waals surface area (Å²) >= 11 is 3.62. The minimum absolute atomic E-state index is 0.824. The molecular weight excluding hydrogens is 314 g/mol. The van der Waals surface area contributed by atoms with E-state index in [1.807, 2.05) is 12.1 Å². The average molecular weight is 330 g/mol. The number of benzene rings is 2. The molecule has 3 rings (SSSR count). The summed E-state index contributed by atoms with van der Waals surface area (Å²) in [5.41, 5.74) is 3.75. The van der Waals surface area contributed by atoms with Gasteiger partial charge in [-0.3, -0.25) is 0 Å². The summed E-state index contributed by atoms with van der Waals surface area (Å²) in [5.74, 6) is 0.885. The van der Waals surface area contributed by atoms with Crippen molar-refractivity contribution in [1.29, 1.82) is 0 Å². The first kappa shape index (κ1) is 13.3. The molecule has 1 heterocycles. The van der Waals surface area contributed by atoms with E-state index >= 15 is 0 Å². The normalized spacial score (nSPS) is 10.9. The number of hydrogen-bond donors (Lipinski definition) is 0. The van der Waals surface area contributed by atoms with E-state index in [2.05, 4.69) is 63.9 Å². The number of nitrogens with zero attached hydrogens (tertiary/aromatic N) is 1. The second kappa shape index (κ2) is 5.33. The van der Waals surface area contributed by atoms with Crippen molar-refractivity contribution in [2.24, 2.45) is 0 Å². The van der Waals surface area contributed by atoms with Gasteiger partial charge in [-0.2, -0.15) is 0 Å². The number of rotatable bonds is 3. The van der Waals surface area contributed by atoms with Crippen molar-refractivity contribution < 1.29 is 4.74 Å². The molecular formula is C17H16BrNO. The van der Waals surface area contributed by atoms with Crippen LogP contribution in [0.5, 0.6) is 5.75 Å². The van der Waals surface area contributed by atoms with Crippen LogP contribution in [-0.4, -0.2) is 11.7 Å². The Morgan fingerprint density at radius 2 is 1.95 bits per heavy atom. The van der Waals surface area contributed by atoms with Gasteiger partial charge in [-0.25, -0.2) is 0 Å². The SMILES string of the molecule is COc1ccc(Br)c(Cn2ccc3ccc(C)cc32)c1. The summed E-state index contributed by atoms with van der Waals surface area (Å²) in [5, 5.41) is 1.27. The van der Waals surface area contributed by atoms with Crippen LogP contribution in [0, 0.1) is 6.92 Å². The molecule has 0 aliphatic rings. The number of halogens is 1. The van der Waals surface area contributed by atoms with Gasteiger partial charge in [-0.15, -0.1) is 0 Å². The highest BCUT2D eigenvalue weighted by atomic mass is 79.9. The number of ether oxygens (including phenoxy) is 1. The molecule has 0 amide bonds. The Balaban J connectivity index is 2.03. The summed E-state index contributed by atoms with van der Waals surface area (Å²) in [7, 11) is 1.70. The van der Waals surface area contributed by atoms with Gasteiger partial charge in [0.15, 0.2) is 0 Å². The monoisotopic (exact) mass is 329 g/mol. The van der Waals surface area contributed by atoms with Gasteiger partial charge in [-0.1, -0.05) is 28.1 Å². The second-order valence-corrected chi connectivity index (χ2v) is 5.82. The third-order valence-electron chi connectivity index (χ3n) is 3.52. The Bertz CT molecular complexity index is 761. The zero-order valence-corrected chi connectivity index (χ0v) is 13.1. The van der Waals surface area contributed by atoms with Crippen molar-refractivity contribution >= 4 is 26.8 Å². The molecule has 2 nitrogen and oxygen atoms in total. The zero-order valence-electron chi connectivity index (χ0n) is 11.6. The van der Waals surface area contributed by atoms with Crippen LogP contribution in [0.15, 0.2) is 53.1 Å². The van der Waals surface area contributed by atoms with Crippen molar-refractivity contribution in [1.82, 2.24) is 4.57 Å². The van der Waals surface area contributed by atoms with Gasteiger partial charge in [0, 0.05) is 22.7 Å². The highest BCUT2D eigenvalue weighted by Gasteiger charge is 2.06. The van der Waals surface area contributed by atoms with Crippen LogP contribution in [0.4, 0.5) is 0 Å². The van der Waals surface area contributed by atoms with Crippen LogP contribution in [0.3, 0.4) is 0 Å². The molecule has 0 N–H and O–H groups in total. The standard InChI is InChI=1S/C17H16BrNO/c1-12-3-4-13-7-8-19(17(13)9-12)11-14-10-15(20-2)5-6-16(14)18/h3-10H,11H2,1-2H3. The fourth-order valence-corrected chi connectivity index (χ4v) is 2.79. The molecule has 0 radical (unpaired) electrons. The van der Waals surface area contributed by atoms with Crippen molar-refractivity contribution in [2.45, 2.75) is 13.5 Å². The Hall–Kier alpha value is -1.74. The van der Waals surface area contributed by atoms with Crippen LogP contribution in [0.1, 0.15) is 11.1 Å². The molecule has 0 saturated heterocycles. The summed E-state index contributed by atoms with van der Waals surface area (Å²) in [6.45, 7) is 2.95. The molecule has 0 aliphatic heterocycles. The number of hydrogen-bond acceptors (Lipinski definition) is 1. The van der Waals surface area contributed by atoms with Crippen LogP contribution in [0.2, 0.25) is 0 Å². The van der Waals surface area contributed by atoms with E-state index in [9.17, 15) is 0 Å². The van der Waals surface area contributed by atoms with Gasteiger partial charge in [0.05, 0.1) is 7.11 Å². The van der Waals surface area contributed by atoms with E-state index in [-0.39, 0.29) is 0 Å². The summed E-state index contributed by atoms with van der Waals surface area (Å²) in [4.78, 5) is 0. The number of aromatic nitrogens is 1. The van der Waals surface area contributed by atoms with E-state index in [4.69, 9.17) is 4.74 Å². The van der Waals surface area contributed by atoms with E-state index < -0.39 is 0 Å². The largest absolute Gasteiger partial charge is 0.497 e. The van der Waals surface area contributed by atoms with Crippen molar-refractivity contribution in [3.05, 3.63) is 64.3 Å². The van der Waals surface area contributed by atoms with E-state index in [1.54, 1.807) is 7.11 Å². The van der Waals surface area contributed by atoms with Crippen LogP contribution >= 0.6 is 15.9 Å². The molecule has 102 valence electrons. The summed E-state index contributed by atoms with van der Waals surface area (Å²) in [6, 6.07) is 14.8. The van der Waals surface area contributed by atoms with Crippen LogP contribution in [0.25, 0.3) is 10.9 Å². The van der Waals surface area contributed by atoms with Crippen molar-refractivity contribution in [3.8, 4) is 5.75 Å². The minimum atomic E-state index is 0.824. The van der Waals surface area contributed by atoms with Crippen molar-refractivity contribution in [2.75, 3.05) is 7.11 Å². The molecule has 3 heteroatoms. The smallest absolute Gasteiger partial charge is 0.119 e. The maximum atomic E-state index is 5.31. The molecule has 0 saturated carbocycles. The van der Waals surface area contributed by atoms with Crippen LogP contribution < -0.4 is 4.74 Å². The Kier molecular flexibility index (Phi) is 3.53. The van der Waals surface area contributed by atoms with Gasteiger partial charge >= 0.3 is 0 Å². The average Bonchev–Trinajstić information content (AvgIpc) is 2.84. The number of fused-ring (bicyclic) bond motifs is 1. The summed E-state index contributed by atoms with van der Waals surface area (Å²) in [6.07, 6.45) is 2.13. The molecule has 0 spiro atoms. The van der Waals surface area contributed by atoms with Gasteiger partial charge in [0.2, 0.25) is 0 Å². The maximum absolute atomic E-state index is 5.31. The Morgan fingerprint density at radius 1 is 1.10 bits per heavy atom. The van der Waals surface area contributed by atoms with E-state index in [0.29, 0.717) is 0 Å². The molecule has 0 fully saturated rings. The minimum Gasteiger partial charge on any atom is -0.497 e. The molecule has 1 aromatic heterocycles. The Labute approximate surface area is 127 Å². The lowest BCUT2D eigenvalue weighted by Crippen LogP contribution is -1.99. The fourth-order valence-electron chi connectivity index (χ4n) is 2.41. The molecule has 0 aliphatic carbocycles.